The number of allylic oxidation sites excluding steroid dienone is 1. The van der Waals surface area contributed by atoms with Crippen LogP contribution in [-0.2, 0) is 27.5 Å². The number of rotatable bonds is 15. The van der Waals surface area contributed by atoms with Crippen LogP contribution in [0.4, 0.5) is 0 Å². The zero-order chi connectivity index (χ0) is 16.9. The van der Waals surface area contributed by atoms with E-state index >= 15 is 0 Å². The smallest absolute Gasteiger partial charge is 0.374 e. The van der Waals surface area contributed by atoms with Gasteiger partial charge in [-0.3, -0.25) is 0 Å². The van der Waals surface area contributed by atoms with E-state index in [1.54, 1.807) is 6.08 Å². The maximum absolute atomic E-state index is 6.02. The molecule has 0 atom stereocenters. The fourth-order valence-electron chi connectivity index (χ4n) is 2.03. The fraction of sp³-hybridized carbons (Fsp3) is 0.867. The molecule has 0 heterocycles. The molecular formula is C15H32O6Si. The minimum absolute atomic E-state index is 0.0859. The molecule has 0 bridgehead atoms. The van der Waals surface area contributed by atoms with Crippen molar-refractivity contribution in [1.29, 1.82) is 0 Å². The van der Waals surface area contributed by atoms with Gasteiger partial charge in [-0.15, -0.1) is 6.58 Å². The molecule has 0 saturated carbocycles. The van der Waals surface area contributed by atoms with Gasteiger partial charge in [-0.25, -0.2) is 0 Å². The van der Waals surface area contributed by atoms with Crippen LogP contribution in [0.2, 0.25) is 6.04 Å². The summed E-state index contributed by atoms with van der Waals surface area (Å²) < 4.78 is 34.6. The van der Waals surface area contributed by atoms with Gasteiger partial charge in [0.05, 0.1) is 0 Å². The maximum atomic E-state index is 6.02. The number of hydrogen-bond acceptors (Lipinski definition) is 6. The number of ether oxygens (including phenoxy) is 3. The van der Waals surface area contributed by atoms with Crippen LogP contribution in [0.25, 0.3) is 0 Å². The summed E-state index contributed by atoms with van der Waals surface area (Å²) in [5.41, 5.74) is 0. The van der Waals surface area contributed by atoms with Crippen molar-refractivity contribution in [2.75, 3.05) is 39.6 Å². The van der Waals surface area contributed by atoms with Gasteiger partial charge >= 0.3 is 14.8 Å². The Morgan fingerprint density at radius 3 is 1.55 bits per heavy atom. The molecule has 0 aliphatic carbocycles. The quantitative estimate of drug-likeness (QED) is 0.260. The predicted octanol–water partition coefficient (Wildman–Crippen LogP) is 2.96. The molecule has 0 radical (unpaired) electrons. The van der Waals surface area contributed by atoms with E-state index in [4.69, 9.17) is 27.5 Å². The van der Waals surface area contributed by atoms with Gasteiger partial charge in [-0.1, -0.05) is 6.08 Å². The molecule has 6 nitrogen and oxygen atoms in total. The first-order valence-electron chi connectivity index (χ1n) is 8.02. The second-order valence-corrected chi connectivity index (χ2v) is 6.95. The first-order valence-corrected chi connectivity index (χ1v) is 9.95. The molecule has 0 N–H and O–H groups in total. The highest BCUT2D eigenvalue weighted by Gasteiger charge is 2.44. The summed E-state index contributed by atoms with van der Waals surface area (Å²) in [5.74, 6) is -1.23. The summed E-state index contributed by atoms with van der Waals surface area (Å²) in [7, 11) is -2.85. The van der Waals surface area contributed by atoms with Gasteiger partial charge in [0.1, 0.15) is 6.61 Å². The molecule has 0 rings (SSSR count). The van der Waals surface area contributed by atoms with Crippen molar-refractivity contribution in [3.63, 3.8) is 0 Å². The first-order chi connectivity index (χ1) is 10.6. The van der Waals surface area contributed by atoms with Crippen LogP contribution < -0.4 is 0 Å². The van der Waals surface area contributed by atoms with Crippen molar-refractivity contribution in [1.82, 2.24) is 0 Å². The van der Waals surface area contributed by atoms with E-state index in [0.29, 0.717) is 39.1 Å². The van der Waals surface area contributed by atoms with Gasteiger partial charge in [-0.2, -0.15) is 0 Å². The van der Waals surface area contributed by atoms with Crippen LogP contribution in [0.15, 0.2) is 12.7 Å². The Bertz CT molecular complexity index is 264. The monoisotopic (exact) mass is 336 g/mol. The van der Waals surface area contributed by atoms with E-state index in [1.807, 2.05) is 34.6 Å². The molecule has 22 heavy (non-hydrogen) atoms. The summed E-state index contributed by atoms with van der Waals surface area (Å²) in [6, 6.07) is 0.523. The van der Waals surface area contributed by atoms with Crippen LogP contribution in [0.1, 0.15) is 34.6 Å². The lowest BCUT2D eigenvalue weighted by molar-refractivity contribution is -0.387. The van der Waals surface area contributed by atoms with Crippen molar-refractivity contribution < 1.29 is 27.5 Å². The SMILES string of the molecule is C=CC[Si](OCC)(OCC)OCC(OCC)(OCC)OCC. The van der Waals surface area contributed by atoms with Gasteiger partial charge in [0, 0.05) is 39.1 Å². The summed E-state index contributed by atoms with van der Waals surface area (Å²) in [6.45, 7) is 15.7. The van der Waals surface area contributed by atoms with Crippen LogP contribution in [0, 0.1) is 0 Å². The Morgan fingerprint density at radius 1 is 0.773 bits per heavy atom. The highest BCUT2D eigenvalue weighted by atomic mass is 28.4. The molecule has 0 aliphatic heterocycles. The van der Waals surface area contributed by atoms with Crippen molar-refractivity contribution in [2.24, 2.45) is 0 Å². The Kier molecular flexibility index (Phi) is 12.0. The lowest BCUT2D eigenvalue weighted by atomic mass is 10.5. The Morgan fingerprint density at radius 2 is 1.23 bits per heavy atom. The second-order valence-electron chi connectivity index (χ2n) is 4.31. The first kappa shape index (κ1) is 21.7. The molecular weight excluding hydrogens is 304 g/mol. The van der Waals surface area contributed by atoms with Crippen molar-refractivity contribution in [3.8, 4) is 0 Å². The summed E-state index contributed by atoms with van der Waals surface area (Å²) in [4.78, 5) is 0. The fourth-order valence-corrected chi connectivity index (χ4v) is 4.26. The van der Waals surface area contributed by atoms with E-state index < -0.39 is 14.8 Å². The number of hydrogen-bond donors (Lipinski definition) is 0. The summed E-state index contributed by atoms with van der Waals surface area (Å²) in [5, 5.41) is 0. The average Bonchev–Trinajstić information content (AvgIpc) is 2.47. The predicted molar refractivity (Wildman–Crippen MR) is 87.6 cm³/mol. The molecule has 7 heteroatoms. The van der Waals surface area contributed by atoms with E-state index in [-0.39, 0.29) is 6.61 Å². The van der Waals surface area contributed by atoms with E-state index in [9.17, 15) is 0 Å². The summed E-state index contributed by atoms with van der Waals surface area (Å²) in [6.07, 6.45) is 1.75. The third-order valence-electron chi connectivity index (χ3n) is 2.68. The van der Waals surface area contributed by atoms with Gasteiger partial charge in [0.15, 0.2) is 0 Å². The van der Waals surface area contributed by atoms with Gasteiger partial charge in [0.2, 0.25) is 0 Å². The minimum Gasteiger partial charge on any atom is -0.374 e. The third-order valence-corrected chi connectivity index (χ3v) is 5.51. The molecule has 0 saturated heterocycles. The van der Waals surface area contributed by atoms with E-state index in [2.05, 4.69) is 6.58 Å². The molecule has 0 unspecified atom stereocenters. The zero-order valence-electron chi connectivity index (χ0n) is 14.7. The Hall–Kier alpha value is -0.283. The van der Waals surface area contributed by atoms with Crippen LogP contribution in [0.5, 0.6) is 0 Å². The molecule has 0 spiro atoms. The minimum atomic E-state index is -2.85. The molecule has 0 amide bonds. The highest BCUT2D eigenvalue weighted by molar-refractivity contribution is 6.61. The van der Waals surface area contributed by atoms with Gasteiger partial charge in [0.25, 0.3) is 0 Å². The van der Waals surface area contributed by atoms with Crippen molar-refractivity contribution >= 4 is 8.80 Å². The second kappa shape index (κ2) is 12.2. The Labute approximate surface area is 136 Å². The normalized spacial score (nSPS) is 12.6. The molecule has 0 aromatic heterocycles. The molecule has 132 valence electrons. The lowest BCUT2D eigenvalue weighted by Gasteiger charge is -2.35. The van der Waals surface area contributed by atoms with Gasteiger partial charge < -0.3 is 27.5 Å². The van der Waals surface area contributed by atoms with Crippen molar-refractivity contribution in [2.45, 2.75) is 46.6 Å². The van der Waals surface area contributed by atoms with E-state index in [1.165, 1.54) is 0 Å². The van der Waals surface area contributed by atoms with Crippen LogP contribution >= 0.6 is 0 Å². The largest absolute Gasteiger partial charge is 0.505 e. The highest BCUT2D eigenvalue weighted by Crippen LogP contribution is 2.23. The standard InChI is InChI=1S/C15H32O6Si/c1-7-13-22(19-11-5,20-12-6)21-14-15(16-8-2,17-9-3)18-10-4/h7H,1,8-14H2,2-6H3. The molecule has 0 aromatic carbocycles. The summed E-state index contributed by atoms with van der Waals surface area (Å²) >= 11 is 0. The Balaban J connectivity index is 5.08. The molecule has 0 aliphatic rings. The lowest BCUT2D eigenvalue weighted by Crippen LogP contribution is -2.52. The molecule has 0 aromatic rings. The zero-order valence-corrected chi connectivity index (χ0v) is 15.7. The van der Waals surface area contributed by atoms with Gasteiger partial charge in [-0.05, 0) is 34.6 Å². The van der Waals surface area contributed by atoms with Crippen molar-refractivity contribution in [3.05, 3.63) is 12.7 Å². The average molecular weight is 337 g/mol. The molecule has 0 fully saturated rings. The third kappa shape index (κ3) is 7.32. The maximum Gasteiger partial charge on any atom is 0.505 e. The van der Waals surface area contributed by atoms with E-state index in [0.717, 1.165) is 0 Å². The van der Waals surface area contributed by atoms with Crippen LogP contribution in [0.3, 0.4) is 0 Å². The van der Waals surface area contributed by atoms with Crippen LogP contribution in [-0.4, -0.2) is 54.4 Å². The topological polar surface area (TPSA) is 55.4 Å².